The molecule has 15 heteroatoms. The van der Waals surface area contributed by atoms with Crippen LogP contribution in [0.1, 0.15) is 38.5 Å². The number of rotatable bonds is 5. The van der Waals surface area contributed by atoms with Gasteiger partial charge in [-0.1, -0.05) is 12.2 Å². The Labute approximate surface area is 209 Å². The fourth-order valence-corrected chi connectivity index (χ4v) is 7.14. The highest BCUT2D eigenvalue weighted by Crippen LogP contribution is 2.69. The summed E-state index contributed by atoms with van der Waals surface area (Å²) in [6, 6.07) is 0. The van der Waals surface area contributed by atoms with Gasteiger partial charge < -0.3 is 14.2 Å². The van der Waals surface area contributed by atoms with E-state index in [0.717, 1.165) is 7.11 Å². The van der Waals surface area contributed by atoms with E-state index in [-0.39, 0.29) is 17.8 Å². The number of hydrogen-bond donors (Lipinski definition) is 0. The van der Waals surface area contributed by atoms with Crippen LogP contribution in [0.5, 0.6) is 0 Å². The third-order valence-corrected chi connectivity index (χ3v) is 8.78. The van der Waals surface area contributed by atoms with Crippen molar-refractivity contribution in [2.45, 2.75) is 80.5 Å². The topological polar surface area (TPSA) is 27.7 Å². The van der Waals surface area contributed by atoms with Crippen molar-refractivity contribution in [2.24, 2.45) is 35.5 Å². The van der Waals surface area contributed by atoms with Crippen molar-refractivity contribution >= 4 is 0 Å². The Morgan fingerprint density at radius 3 is 1.79 bits per heavy atom. The van der Waals surface area contributed by atoms with Crippen LogP contribution in [0.4, 0.5) is 52.7 Å². The van der Waals surface area contributed by atoms with E-state index < -0.39 is 73.0 Å². The first-order valence-electron chi connectivity index (χ1n) is 12.0. The minimum Gasteiger partial charge on any atom is -0.359 e. The van der Waals surface area contributed by atoms with Crippen LogP contribution in [0.15, 0.2) is 12.2 Å². The van der Waals surface area contributed by atoms with Crippen LogP contribution in [0.2, 0.25) is 0 Å². The van der Waals surface area contributed by atoms with E-state index in [1.807, 2.05) is 6.08 Å². The molecular formula is C23H26F12O3. The molecule has 3 nitrogen and oxygen atoms in total. The minimum absolute atomic E-state index is 0.0848. The van der Waals surface area contributed by atoms with Crippen molar-refractivity contribution in [3.63, 3.8) is 0 Å². The summed E-state index contributed by atoms with van der Waals surface area (Å²) in [5.74, 6) is -2.84. The summed E-state index contributed by atoms with van der Waals surface area (Å²) in [6.07, 6.45) is -17.7. The number of allylic oxidation sites excluding steroid dienone is 2. The first-order valence-corrected chi connectivity index (χ1v) is 12.0. The number of fused-ring (bicyclic) bond motifs is 7. The second-order valence-corrected chi connectivity index (χ2v) is 10.8. The number of hydrogen-bond acceptors (Lipinski definition) is 3. The first kappa shape index (κ1) is 29.8. The van der Waals surface area contributed by atoms with Gasteiger partial charge in [-0.05, 0) is 68.1 Å². The molecule has 0 aromatic heterocycles. The van der Waals surface area contributed by atoms with Gasteiger partial charge >= 0.3 is 24.7 Å². The van der Waals surface area contributed by atoms with Crippen molar-refractivity contribution in [1.82, 2.24) is 0 Å². The van der Waals surface area contributed by atoms with E-state index in [2.05, 4.69) is 14.2 Å². The average Bonchev–Trinajstić information content (AvgIpc) is 3.48. The van der Waals surface area contributed by atoms with Crippen LogP contribution < -0.4 is 0 Å². The summed E-state index contributed by atoms with van der Waals surface area (Å²) in [6.45, 7) is -1.06. The summed E-state index contributed by atoms with van der Waals surface area (Å²) in [5, 5.41) is 0. The van der Waals surface area contributed by atoms with E-state index in [1.54, 1.807) is 6.08 Å². The minimum atomic E-state index is -5.55. The molecule has 0 spiro atoms. The van der Waals surface area contributed by atoms with Gasteiger partial charge in [0.15, 0.2) is 0 Å². The van der Waals surface area contributed by atoms with E-state index >= 15 is 0 Å². The number of alkyl halides is 12. The summed E-state index contributed by atoms with van der Waals surface area (Å²) < 4.78 is 168. The maximum Gasteiger partial charge on any atom is 0.426 e. The van der Waals surface area contributed by atoms with Gasteiger partial charge in [-0.3, -0.25) is 0 Å². The summed E-state index contributed by atoms with van der Waals surface area (Å²) >= 11 is 0. The molecule has 38 heavy (non-hydrogen) atoms. The van der Waals surface area contributed by atoms with Crippen molar-refractivity contribution in [3.8, 4) is 0 Å². The van der Waals surface area contributed by atoms with Crippen molar-refractivity contribution < 1.29 is 66.9 Å². The summed E-state index contributed by atoms with van der Waals surface area (Å²) in [4.78, 5) is 0. The maximum absolute atomic E-state index is 13.2. The third-order valence-electron chi connectivity index (χ3n) is 8.78. The molecular weight excluding hydrogens is 552 g/mol. The lowest BCUT2D eigenvalue weighted by molar-refractivity contribution is -0.470. The predicted molar refractivity (Wildman–Crippen MR) is 105 cm³/mol. The highest BCUT2D eigenvalue weighted by molar-refractivity contribution is 5.19. The number of ether oxygens (including phenoxy) is 3. The molecule has 0 radical (unpaired) electrons. The molecule has 1 saturated heterocycles. The molecule has 4 bridgehead atoms. The zero-order valence-electron chi connectivity index (χ0n) is 19.9. The molecule has 0 aromatic carbocycles. The second kappa shape index (κ2) is 9.42. The van der Waals surface area contributed by atoms with Gasteiger partial charge in [0, 0.05) is 13.0 Å². The Hall–Kier alpha value is -1.22. The Bertz CT molecular complexity index is 860. The number of methoxy groups -OCH3 is 1. The largest absolute Gasteiger partial charge is 0.426 e. The van der Waals surface area contributed by atoms with Gasteiger partial charge in [-0.2, -0.15) is 52.7 Å². The molecule has 0 aromatic rings. The summed E-state index contributed by atoms with van der Waals surface area (Å²) in [5.41, 5.74) is -8.07. The standard InChI is InChI=1S/C13H16F6O2.C10H10F6O/c1-20-7-21-11(12(14,15)16,13(17,18)19)6-10-5-8-2-3-9(10)4-8;11-9(12,13)8(10(14,15)16)6-4-1-2-5(3-4)7(6)17-8/h2-3,8-10H,4-7H2,1H3;4-7H,1-3H2. The van der Waals surface area contributed by atoms with Crippen LogP contribution in [0.25, 0.3) is 0 Å². The molecule has 220 valence electrons. The second-order valence-electron chi connectivity index (χ2n) is 10.8. The van der Waals surface area contributed by atoms with E-state index in [0.29, 0.717) is 32.1 Å². The van der Waals surface area contributed by atoms with Gasteiger partial charge in [0.2, 0.25) is 0 Å². The third kappa shape index (κ3) is 4.51. The summed E-state index contributed by atoms with van der Waals surface area (Å²) in [7, 11) is 0.984. The lowest BCUT2D eigenvalue weighted by atomic mass is 9.68. The van der Waals surface area contributed by atoms with Gasteiger partial charge in [0.25, 0.3) is 11.2 Å². The highest BCUT2D eigenvalue weighted by atomic mass is 19.4. The van der Waals surface area contributed by atoms with Crippen LogP contribution in [0.3, 0.4) is 0 Å². The lowest BCUT2D eigenvalue weighted by Gasteiger charge is -2.56. The lowest BCUT2D eigenvalue weighted by Crippen LogP contribution is -2.75. The maximum atomic E-state index is 13.2. The molecule has 0 amide bonds. The van der Waals surface area contributed by atoms with Crippen molar-refractivity contribution in [3.05, 3.63) is 12.2 Å². The van der Waals surface area contributed by atoms with Crippen molar-refractivity contribution in [1.29, 1.82) is 0 Å². The molecule has 5 aliphatic rings. The Kier molecular flexibility index (Phi) is 7.38. The molecule has 7 unspecified atom stereocenters. The molecule has 5 rings (SSSR count). The Morgan fingerprint density at radius 2 is 1.37 bits per heavy atom. The van der Waals surface area contributed by atoms with Crippen LogP contribution in [0, 0.1) is 35.5 Å². The molecule has 4 aliphatic carbocycles. The Morgan fingerprint density at radius 1 is 0.789 bits per heavy atom. The predicted octanol–water partition coefficient (Wildman–Crippen LogP) is 7.37. The quantitative estimate of drug-likeness (QED) is 0.194. The van der Waals surface area contributed by atoms with E-state index in [9.17, 15) is 52.7 Å². The molecule has 7 atom stereocenters. The molecule has 1 heterocycles. The van der Waals surface area contributed by atoms with Gasteiger partial charge in [0.05, 0.1) is 6.10 Å². The molecule has 0 N–H and O–H groups in total. The van der Waals surface area contributed by atoms with Crippen molar-refractivity contribution in [2.75, 3.05) is 13.9 Å². The fourth-order valence-electron chi connectivity index (χ4n) is 7.14. The average molecular weight is 578 g/mol. The monoisotopic (exact) mass is 578 g/mol. The fraction of sp³-hybridized carbons (Fsp3) is 0.913. The zero-order chi connectivity index (χ0) is 28.5. The highest BCUT2D eigenvalue weighted by Gasteiger charge is 2.86. The van der Waals surface area contributed by atoms with Gasteiger partial charge in [0.1, 0.15) is 6.79 Å². The normalized spacial score (nSPS) is 35.7. The Balaban J connectivity index is 0.000000180. The smallest absolute Gasteiger partial charge is 0.359 e. The van der Waals surface area contributed by atoms with E-state index in [1.165, 1.54) is 0 Å². The SMILES string of the molecule is COCOC(CC1CC2C=CC1C2)(C(F)(F)F)C(F)(F)F.FC(F)(F)C1(C(F)(F)F)OC2C3CCC(C3)C21. The van der Waals surface area contributed by atoms with E-state index in [4.69, 9.17) is 0 Å². The van der Waals surface area contributed by atoms with Crippen LogP contribution in [-0.4, -0.2) is 55.9 Å². The zero-order valence-corrected chi connectivity index (χ0v) is 19.9. The van der Waals surface area contributed by atoms with Gasteiger partial charge in [-0.15, -0.1) is 0 Å². The number of halogens is 12. The van der Waals surface area contributed by atoms with Crippen LogP contribution in [-0.2, 0) is 14.2 Å². The van der Waals surface area contributed by atoms with Crippen LogP contribution >= 0.6 is 0 Å². The van der Waals surface area contributed by atoms with Gasteiger partial charge in [-0.25, -0.2) is 0 Å². The molecule has 4 fully saturated rings. The molecule has 1 aliphatic heterocycles. The molecule has 3 saturated carbocycles. The first-order chi connectivity index (χ1) is 17.3.